The van der Waals surface area contributed by atoms with Crippen molar-refractivity contribution < 1.29 is 9.59 Å². The minimum Gasteiger partial charge on any atom is -0.343 e. The molecule has 0 bridgehead atoms. The second-order valence-electron chi connectivity index (χ2n) is 6.63. The van der Waals surface area contributed by atoms with Crippen molar-refractivity contribution in [2.24, 2.45) is 0 Å². The molecule has 0 saturated carbocycles. The molecule has 0 aliphatic carbocycles. The molecule has 0 spiro atoms. The van der Waals surface area contributed by atoms with Gasteiger partial charge in [0, 0.05) is 11.5 Å². The summed E-state index contributed by atoms with van der Waals surface area (Å²) in [7, 11) is 0. The molecule has 7 heteroatoms. The highest BCUT2D eigenvalue weighted by molar-refractivity contribution is 7.15. The first-order valence-electron chi connectivity index (χ1n) is 9.67. The SMILES string of the molecule is CCC(CC)c1nnc(NC(=O)CNC(=O)c2ccc(-c3ccccc3)cc2)s1. The molecule has 2 amide bonds. The van der Waals surface area contributed by atoms with Gasteiger partial charge in [-0.1, -0.05) is 67.6 Å². The number of carbonyl (C=O) groups excluding carboxylic acids is 2. The molecule has 0 atom stereocenters. The van der Waals surface area contributed by atoms with Crippen molar-refractivity contribution in [1.29, 1.82) is 0 Å². The minimum absolute atomic E-state index is 0.126. The molecular weight excluding hydrogens is 384 g/mol. The Balaban J connectivity index is 1.52. The molecule has 6 nitrogen and oxygen atoms in total. The third-order valence-electron chi connectivity index (χ3n) is 4.69. The first-order chi connectivity index (χ1) is 14.1. The van der Waals surface area contributed by atoms with E-state index >= 15 is 0 Å². The molecule has 29 heavy (non-hydrogen) atoms. The highest BCUT2D eigenvalue weighted by Gasteiger charge is 2.15. The van der Waals surface area contributed by atoms with Crippen LogP contribution in [0.15, 0.2) is 54.6 Å². The second-order valence-corrected chi connectivity index (χ2v) is 7.64. The minimum atomic E-state index is -0.327. The Hall–Kier alpha value is -3.06. The van der Waals surface area contributed by atoms with E-state index in [1.54, 1.807) is 12.1 Å². The summed E-state index contributed by atoms with van der Waals surface area (Å²) < 4.78 is 0. The molecule has 2 aromatic carbocycles. The average Bonchev–Trinajstić information content (AvgIpc) is 3.21. The molecule has 3 aromatic rings. The van der Waals surface area contributed by atoms with Crippen LogP contribution in [0.4, 0.5) is 5.13 Å². The Bertz CT molecular complexity index is 950. The summed E-state index contributed by atoms with van der Waals surface area (Å²) >= 11 is 1.38. The van der Waals surface area contributed by atoms with Gasteiger partial charge in [0.1, 0.15) is 5.01 Å². The quantitative estimate of drug-likeness (QED) is 0.576. The number of nitrogens with one attached hydrogen (secondary N) is 2. The lowest BCUT2D eigenvalue weighted by Gasteiger charge is -2.07. The van der Waals surface area contributed by atoms with Gasteiger partial charge in [0.25, 0.3) is 5.91 Å². The number of rotatable bonds is 8. The predicted molar refractivity (Wildman–Crippen MR) is 116 cm³/mol. The van der Waals surface area contributed by atoms with Crippen molar-refractivity contribution in [3.8, 4) is 11.1 Å². The molecule has 1 heterocycles. The maximum absolute atomic E-state index is 12.3. The smallest absolute Gasteiger partial charge is 0.251 e. The van der Waals surface area contributed by atoms with Crippen LogP contribution in [0.1, 0.15) is 48.0 Å². The van der Waals surface area contributed by atoms with Crippen LogP contribution in [0.5, 0.6) is 0 Å². The number of anilines is 1. The molecule has 0 radical (unpaired) electrons. The van der Waals surface area contributed by atoms with Gasteiger partial charge >= 0.3 is 0 Å². The molecule has 0 unspecified atom stereocenters. The van der Waals surface area contributed by atoms with Crippen LogP contribution in [0.25, 0.3) is 11.1 Å². The molecule has 0 aliphatic rings. The number of carbonyl (C=O) groups is 2. The summed E-state index contributed by atoms with van der Waals surface area (Å²) in [5, 5.41) is 14.9. The van der Waals surface area contributed by atoms with Crippen LogP contribution >= 0.6 is 11.3 Å². The molecule has 3 rings (SSSR count). The van der Waals surface area contributed by atoms with Gasteiger partial charge in [0.05, 0.1) is 6.54 Å². The molecular formula is C22H24N4O2S. The number of aromatic nitrogens is 2. The highest BCUT2D eigenvalue weighted by atomic mass is 32.1. The number of nitrogens with zero attached hydrogens (tertiary/aromatic N) is 2. The van der Waals surface area contributed by atoms with Crippen molar-refractivity contribution in [2.45, 2.75) is 32.6 Å². The lowest BCUT2D eigenvalue weighted by atomic mass is 10.0. The second kappa shape index (κ2) is 9.93. The van der Waals surface area contributed by atoms with E-state index in [0.29, 0.717) is 16.6 Å². The fourth-order valence-corrected chi connectivity index (χ4v) is 3.98. The van der Waals surface area contributed by atoms with Gasteiger partial charge in [-0.3, -0.25) is 14.9 Å². The molecule has 0 aliphatic heterocycles. The van der Waals surface area contributed by atoms with Crippen molar-refractivity contribution in [3.63, 3.8) is 0 Å². The summed E-state index contributed by atoms with van der Waals surface area (Å²) in [5.74, 6) is -0.266. The van der Waals surface area contributed by atoms with E-state index in [4.69, 9.17) is 0 Å². The Morgan fingerprint density at radius 3 is 2.24 bits per heavy atom. The van der Waals surface area contributed by atoms with Crippen molar-refractivity contribution in [2.75, 3.05) is 11.9 Å². The van der Waals surface area contributed by atoms with E-state index in [0.717, 1.165) is 29.0 Å². The number of benzene rings is 2. The zero-order valence-electron chi connectivity index (χ0n) is 16.5. The van der Waals surface area contributed by atoms with Crippen LogP contribution in [-0.2, 0) is 4.79 Å². The molecule has 1 aromatic heterocycles. The zero-order chi connectivity index (χ0) is 20.6. The maximum atomic E-state index is 12.3. The molecule has 0 fully saturated rings. The van der Waals surface area contributed by atoms with Gasteiger partial charge in [-0.15, -0.1) is 10.2 Å². The third kappa shape index (κ3) is 5.48. The Labute approximate surface area is 174 Å². The maximum Gasteiger partial charge on any atom is 0.251 e. The summed E-state index contributed by atoms with van der Waals surface area (Å²) in [6.45, 7) is 4.09. The van der Waals surface area contributed by atoms with Crippen molar-refractivity contribution in [1.82, 2.24) is 15.5 Å². The van der Waals surface area contributed by atoms with Gasteiger partial charge in [-0.05, 0) is 36.1 Å². The third-order valence-corrected chi connectivity index (χ3v) is 5.69. The predicted octanol–water partition coefficient (Wildman–Crippen LogP) is 4.48. The van der Waals surface area contributed by atoms with Crippen molar-refractivity contribution >= 4 is 28.3 Å². The van der Waals surface area contributed by atoms with Crippen LogP contribution in [0, 0.1) is 0 Å². The monoisotopic (exact) mass is 408 g/mol. The summed E-state index contributed by atoms with van der Waals surface area (Å²) in [6.07, 6.45) is 1.97. The Morgan fingerprint density at radius 2 is 1.59 bits per heavy atom. The van der Waals surface area contributed by atoms with Crippen molar-refractivity contribution in [3.05, 3.63) is 65.2 Å². The normalized spacial score (nSPS) is 10.7. The van der Waals surface area contributed by atoms with E-state index in [2.05, 4.69) is 34.7 Å². The van der Waals surface area contributed by atoms with E-state index in [-0.39, 0.29) is 18.4 Å². The van der Waals surface area contributed by atoms with E-state index in [9.17, 15) is 9.59 Å². The summed E-state index contributed by atoms with van der Waals surface area (Å²) in [5.41, 5.74) is 2.62. The van der Waals surface area contributed by atoms with Crippen LogP contribution < -0.4 is 10.6 Å². The first kappa shape index (κ1) is 20.7. The van der Waals surface area contributed by atoms with Crippen LogP contribution in [0.3, 0.4) is 0 Å². The fraction of sp³-hybridized carbons (Fsp3) is 0.273. The number of hydrogen-bond acceptors (Lipinski definition) is 5. The van der Waals surface area contributed by atoms with E-state index < -0.39 is 0 Å². The van der Waals surface area contributed by atoms with Crippen LogP contribution in [-0.4, -0.2) is 28.6 Å². The zero-order valence-corrected chi connectivity index (χ0v) is 17.3. The standard InChI is InChI=1S/C22H24N4O2S/c1-3-15(4-2)21-25-26-22(29-21)24-19(27)14-23-20(28)18-12-10-17(11-13-18)16-8-6-5-7-9-16/h5-13,15H,3-4,14H2,1-2H3,(H,23,28)(H,24,26,27). The summed E-state index contributed by atoms with van der Waals surface area (Å²) in [4.78, 5) is 24.4. The Kier molecular flexibility index (Phi) is 7.08. The largest absolute Gasteiger partial charge is 0.343 e. The number of hydrogen-bond donors (Lipinski definition) is 2. The Morgan fingerprint density at radius 1 is 0.931 bits per heavy atom. The first-order valence-corrected chi connectivity index (χ1v) is 10.5. The number of amides is 2. The van der Waals surface area contributed by atoms with E-state index in [1.807, 2.05) is 42.5 Å². The average molecular weight is 409 g/mol. The van der Waals surface area contributed by atoms with Gasteiger partial charge in [-0.2, -0.15) is 0 Å². The van der Waals surface area contributed by atoms with Gasteiger partial charge < -0.3 is 5.32 Å². The fourth-order valence-electron chi connectivity index (χ4n) is 2.96. The highest BCUT2D eigenvalue weighted by Crippen LogP contribution is 2.27. The van der Waals surface area contributed by atoms with E-state index in [1.165, 1.54) is 11.3 Å². The van der Waals surface area contributed by atoms with Gasteiger partial charge in [0.2, 0.25) is 11.0 Å². The lowest BCUT2D eigenvalue weighted by Crippen LogP contribution is -2.32. The lowest BCUT2D eigenvalue weighted by molar-refractivity contribution is -0.115. The van der Waals surface area contributed by atoms with Gasteiger partial charge in [0.15, 0.2) is 0 Å². The molecule has 0 saturated heterocycles. The van der Waals surface area contributed by atoms with Gasteiger partial charge in [-0.25, -0.2) is 0 Å². The van der Waals surface area contributed by atoms with Crippen LogP contribution in [0.2, 0.25) is 0 Å². The summed E-state index contributed by atoms with van der Waals surface area (Å²) in [6, 6.07) is 17.2. The molecule has 150 valence electrons. The topological polar surface area (TPSA) is 84.0 Å². The molecule has 2 N–H and O–H groups in total.